The van der Waals surface area contributed by atoms with E-state index >= 15 is 0 Å². The summed E-state index contributed by atoms with van der Waals surface area (Å²) in [5, 5.41) is 11.1. The molecule has 0 aliphatic carbocycles. The van der Waals surface area contributed by atoms with Gasteiger partial charge < -0.3 is 9.47 Å². The van der Waals surface area contributed by atoms with E-state index in [1.54, 1.807) is 6.92 Å². The quantitative estimate of drug-likeness (QED) is 0.436. The molecule has 1 aromatic carbocycles. The molecule has 0 saturated carbocycles. The van der Waals surface area contributed by atoms with Crippen LogP contribution in [-0.4, -0.2) is 29.2 Å². The zero-order valence-corrected chi connectivity index (χ0v) is 14.0. The Bertz CT molecular complexity index is 970. The summed E-state index contributed by atoms with van der Waals surface area (Å²) in [6.45, 7) is 1.69. The number of rotatable bonds is 2. The molecule has 0 unspecified atom stereocenters. The molecule has 0 amide bonds. The van der Waals surface area contributed by atoms with Gasteiger partial charge in [-0.05, 0) is 28.9 Å². The van der Waals surface area contributed by atoms with Crippen molar-refractivity contribution < 1.29 is 23.6 Å². The number of hydrogen-bond donors (Lipinski definition) is 0. The van der Waals surface area contributed by atoms with Crippen LogP contribution in [0.3, 0.4) is 0 Å². The van der Waals surface area contributed by atoms with E-state index in [-0.39, 0.29) is 27.7 Å². The first-order valence-electron chi connectivity index (χ1n) is 6.75. The summed E-state index contributed by atoms with van der Waals surface area (Å²) >= 11 is 2.94. The molecular weight excluding hydrogens is 391 g/mol. The van der Waals surface area contributed by atoms with Crippen LogP contribution in [0, 0.1) is 15.9 Å². The minimum absolute atomic E-state index is 0.0142. The lowest BCUT2D eigenvalue weighted by Crippen LogP contribution is -2.34. The Morgan fingerprint density at radius 1 is 1.58 bits per heavy atom. The lowest BCUT2D eigenvalue weighted by Gasteiger charge is -2.27. The lowest BCUT2D eigenvalue weighted by molar-refractivity contribution is -0.385. The fraction of sp³-hybridized carbons (Fsp3) is 0.286. The summed E-state index contributed by atoms with van der Waals surface area (Å²) in [7, 11) is 1.08. The minimum Gasteiger partial charge on any atom is -0.488 e. The number of nitrogens with zero attached hydrogens (tertiary/aromatic N) is 2. The van der Waals surface area contributed by atoms with E-state index in [2.05, 4.69) is 20.7 Å². The molecule has 3 rings (SSSR count). The largest absolute Gasteiger partial charge is 0.488 e. The molecule has 1 aliphatic rings. The predicted octanol–water partition coefficient (Wildman–Crippen LogP) is 2.55. The number of esters is 1. The number of pyridine rings is 1. The molecule has 126 valence electrons. The van der Waals surface area contributed by atoms with Crippen molar-refractivity contribution in [3.63, 3.8) is 0 Å². The van der Waals surface area contributed by atoms with Crippen LogP contribution in [0.5, 0.6) is 5.75 Å². The predicted molar refractivity (Wildman–Crippen MR) is 84.1 cm³/mol. The van der Waals surface area contributed by atoms with Crippen LogP contribution in [0.1, 0.15) is 23.3 Å². The molecule has 0 saturated heterocycles. The Balaban J connectivity index is 2.62. The molecule has 1 atom stereocenters. The topological polar surface area (TPSA) is 101 Å². The van der Waals surface area contributed by atoms with Crippen molar-refractivity contribution in [2.75, 3.05) is 13.7 Å². The summed E-state index contributed by atoms with van der Waals surface area (Å²) in [5.74, 6) is -2.11. The van der Waals surface area contributed by atoms with Crippen molar-refractivity contribution in [3.8, 4) is 5.75 Å². The zero-order valence-electron chi connectivity index (χ0n) is 12.5. The van der Waals surface area contributed by atoms with Gasteiger partial charge in [-0.15, -0.1) is 0 Å². The standard InChI is InChI=1S/C14H10BrFN2O6/c1-5-4-24-12-8(15)9(16)10(18(21)22)6-3-7(14(20)23-2)13(19)17(5)11(6)12/h3,5H,4H2,1-2H3/t5-/m0/s1. The van der Waals surface area contributed by atoms with E-state index in [1.165, 1.54) is 4.57 Å². The number of halogens is 2. The Labute approximate surface area is 142 Å². The van der Waals surface area contributed by atoms with Crippen LogP contribution >= 0.6 is 15.9 Å². The average molecular weight is 401 g/mol. The minimum atomic E-state index is -1.14. The average Bonchev–Trinajstić information content (AvgIpc) is 2.54. The van der Waals surface area contributed by atoms with Gasteiger partial charge in [-0.2, -0.15) is 4.39 Å². The SMILES string of the molecule is COC(=O)c1cc2c([N+](=O)[O-])c(F)c(Br)c3c2n(c1=O)[C@@H](C)CO3. The molecule has 2 heterocycles. The van der Waals surface area contributed by atoms with Gasteiger partial charge in [0.1, 0.15) is 22.2 Å². The number of hydrogen-bond acceptors (Lipinski definition) is 6. The Morgan fingerprint density at radius 2 is 2.25 bits per heavy atom. The van der Waals surface area contributed by atoms with E-state index in [9.17, 15) is 24.1 Å². The molecule has 0 bridgehead atoms. The fourth-order valence-corrected chi connectivity index (χ4v) is 3.23. The first-order valence-corrected chi connectivity index (χ1v) is 7.54. The molecule has 0 fully saturated rings. The van der Waals surface area contributed by atoms with E-state index in [0.29, 0.717) is 0 Å². The van der Waals surface area contributed by atoms with Gasteiger partial charge in [0.25, 0.3) is 5.56 Å². The number of methoxy groups -OCH3 is 1. The third-order valence-corrected chi connectivity index (χ3v) is 4.51. The molecule has 1 aromatic heterocycles. The molecule has 10 heteroatoms. The van der Waals surface area contributed by atoms with Crippen LogP contribution in [0.2, 0.25) is 0 Å². The van der Waals surface area contributed by atoms with Gasteiger partial charge in [0.2, 0.25) is 5.82 Å². The van der Waals surface area contributed by atoms with Crippen molar-refractivity contribution >= 4 is 38.5 Å². The van der Waals surface area contributed by atoms with Gasteiger partial charge in [0, 0.05) is 0 Å². The summed E-state index contributed by atoms with van der Waals surface area (Å²) in [4.78, 5) is 34.9. The summed E-state index contributed by atoms with van der Waals surface area (Å²) < 4.78 is 25.4. The highest BCUT2D eigenvalue weighted by molar-refractivity contribution is 9.10. The molecular formula is C14H10BrFN2O6. The summed E-state index contributed by atoms with van der Waals surface area (Å²) in [5.41, 5.74) is -1.88. The van der Waals surface area contributed by atoms with Crippen molar-refractivity contribution in [3.05, 3.63) is 42.4 Å². The van der Waals surface area contributed by atoms with Gasteiger partial charge in [0.05, 0.1) is 23.5 Å². The molecule has 0 N–H and O–H groups in total. The molecule has 1 aliphatic heterocycles. The van der Waals surface area contributed by atoms with Crippen LogP contribution in [0.15, 0.2) is 15.3 Å². The van der Waals surface area contributed by atoms with Gasteiger partial charge >= 0.3 is 11.7 Å². The van der Waals surface area contributed by atoms with Crippen molar-refractivity contribution in [2.45, 2.75) is 13.0 Å². The number of aromatic nitrogens is 1. The number of carbonyl (C=O) groups is 1. The normalized spacial score (nSPS) is 15.9. The second kappa shape index (κ2) is 5.55. The van der Waals surface area contributed by atoms with Crippen molar-refractivity contribution in [2.24, 2.45) is 0 Å². The van der Waals surface area contributed by atoms with Gasteiger partial charge in [-0.1, -0.05) is 0 Å². The summed E-state index contributed by atoms with van der Waals surface area (Å²) in [6, 6.07) is 0.465. The first-order chi connectivity index (χ1) is 11.3. The molecule has 0 radical (unpaired) electrons. The zero-order chi connectivity index (χ0) is 17.8. The van der Waals surface area contributed by atoms with Crippen LogP contribution in [0.4, 0.5) is 10.1 Å². The molecule has 24 heavy (non-hydrogen) atoms. The third kappa shape index (κ3) is 2.09. The lowest BCUT2D eigenvalue weighted by atomic mass is 10.1. The highest BCUT2D eigenvalue weighted by Crippen LogP contribution is 2.44. The Morgan fingerprint density at radius 3 is 2.83 bits per heavy atom. The van der Waals surface area contributed by atoms with Gasteiger partial charge in [-0.25, -0.2) is 4.79 Å². The number of nitro groups is 1. The second-order valence-electron chi connectivity index (χ2n) is 5.21. The van der Waals surface area contributed by atoms with E-state index in [0.717, 1.165) is 13.2 Å². The van der Waals surface area contributed by atoms with Crippen LogP contribution in [0.25, 0.3) is 10.9 Å². The molecule has 2 aromatic rings. The van der Waals surface area contributed by atoms with Crippen LogP contribution in [-0.2, 0) is 4.74 Å². The van der Waals surface area contributed by atoms with E-state index in [1.807, 2.05) is 0 Å². The molecule has 0 spiro atoms. The Kier molecular flexibility index (Phi) is 3.78. The monoisotopic (exact) mass is 400 g/mol. The first kappa shape index (κ1) is 16.4. The number of ether oxygens (including phenoxy) is 2. The van der Waals surface area contributed by atoms with E-state index < -0.39 is 39.6 Å². The fourth-order valence-electron chi connectivity index (χ4n) is 2.74. The molecule has 8 nitrogen and oxygen atoms in total. The van der Waals surface area contributed by atoms with Gasteiger partial charge in [0.15, 0.2) is 5.75 Å². The van der Waals surface area contributed by atoms with Crippen molar-refractivity contribution in [1.29, 1.82) is 0 Å². The number of benzene rings is 1. The van der Waals surface area contributed by atoms with E-state index in [4.69, 9.17) is 4.74 Å². The highest BCUT2D eigenvalue weighted by atomic mass is 79.9. The summed E-state index contributed by atoms with van der Waals surface area (Å²) in [6.07, 6.45) is 0. The third-order valence-electron chi connectivity index (χ3n) is 3.80. The Hall–Kier alpha value is -2.49. The van der Waals surface area contributed by atoms with Crippen molar-refractivity contribution in [1.82, 2.24) is 4.57 Å². The number of carbonyl (C=O) groups excluding carboxylic acids is 1. The van der Waals surface area contributed by atoms with Crippen LogP contribution < -0.4 is 10.3 Å². The second-order valence-corrected chi connectivity index (χ2v) is 6.00. The number of nitro benzene ring substituents is 1. The maximum absolute atomic E-state index is 14.4. The maximum Gasteiger partial charge on any atom is 0.343 e. The maximum atomic E-state index is 14.4. The smallest absolute Gasteiger partial charge is 0.343 e. The van der Waals surface area contributed by atoms with Gasteiger partial charge in [-0.3, -0.25) is 19.5 Å². The highest BCUT2D eigenvalue weighted by Gasteiger charge is 2.34.